The number of carbonyl (C=O) groups excluding carboxylic acids is 2. The summed E-state index contributed by atoms with van der Waals surface area (Å²) in [6, 6.07) is 9.63. The number of halogens is 1. The van der Waals surface area contributed by atoms with Gasteiger partial charge < -0.3 is 13.9 Å². The number of carbonyl (C=O) groups is 2. The lowest BCUT2D eigenvalue weighted by molar-refractivity contribution is -0.134. The van der Waals surface area contributed by atoms with E-state index < -0.39 is 11.9 Å². The molecule has 3 rings (SSSR count). The van der Waals surface area contributed by atoms with Crippen LogP contribution in [0.4, 0.5) is 0 Å². The maximum absolute atomic E-state index is 13.1. The molecule has 6 nitrogen and oxygen atoms in total. The first kappa shape index (κ1) is 18.7. The van der Waals surface area contributed by atoms with Gasteiger partial charge in [0.25, 0.3) is 0 Å². The SMILES string of the molecule is CC(=O)Oc1ccc2c(=O)c(-c3ccc(Cl)cc3)c(C)oc2c1OC(C)=O. The van der Waals surface area contributed by atoms with E-state index in [0.29, 0.717) is 21.9 Å². The minimum atomic E-state index is -0.641. The summed E-state index contributed by atoms with van der Waals surface area (Å²) in [6.45, 7) is 4.04. The van der Waals surface area contributed by atoms with Crippen LogP contribution in [0.1, 0.15) is 19.6 Å². The van der Waals surface area contributed by atoms with E-state index in [1.165, 1.54) is 26.0 Å². The number of esters is 2. The molecule has 3 aromatic rings. The highest BCUT2D eigenvalue weighted by Gasteiger charge is 2.21. The Hall–Kier alpha value is -3.12. The Labute approximate surface area is 159 Å². The van der Waals surface area contributed by atoms with Gasteiger partial charge in [0, 0.05) is 18.9 Å². The average molecular weight is 387 g/mol. The monoisotopic (exact) mass is 386 g/mol. The second-order valence-corrected chi connectivity index (χ2v) is 6.26. The predicted molar refractivity (Wildman–Crippen MR) is 100 cm³/mol. The van der Waals surface area contributed by atoms with Crippen LogP contribution in [0.15, 0.2) is 45.6 Å². The van der Waals surface area contributed by atoms with Crippen molar-refractivity contribution >= 4 is 34.5 Å². The van der Waals surface area contributed by atoms with Gasteiger partial charge in [-0.2, -0.15) is 0 Å². The van der Waals surface area contributed by atoms with Gasteiger partial charge in [-0.1, -0.05) is 23.7 Å². The fraction of sp³-hybridized carbons (Fsp3) is 0.150. The Morgan fingerprint density at radius 1 is 0.963 bits per heavy atom. The van der Waals surface area contributed by atoms with E-state index in [1.54, 1.807) is 31.2 Å². The molecule has 0 bridgehead atoms. The van der Waals surface area contributed by atoms with Crippen LogP contribution in [0.5, 0.6) is 11.5 Å². The molecule has 0 aliphatic heterocycles. The summed E-state index contributed by atoms with van der Waals surface area (Å²) in [5.41, 5.74) is 0.738. The van der Waals surface area contributed by atoms with E-state index >= 15 is 0 Å². The maximum Gasteiger partial charge on any atom is 0.308 e. The van der Waals surface area contributed by atoms with Gasteiger partial charge in [-0.15, -0.1) is 0 Å². The van der Waals surface area contributed by atoms with E-state index in [2.05, 4.69) is 0 Å². The fourth-order valence-electron chi connectivity index (χ4n) is 2.75. The molecule has 2 aromatic carbocycles. The second kappa shape index (κ2) is 7.25. The van der Waals surface area contributed by atoms with Crippen molar-refractivity contribution in [3.63, 3.8) is 0 Å². The normalized spacial score (nSPS) is 10.7. The smallest absolute Gasteiger partial charge is 0.308 e. The first-order valence-corrected chi connectivity index (χ1v) is 8.39. The van der Waals surface area contributed by atoms with Crippen LogP contribution in [0.3, 0.4) is 0 Å². The van der Waals surface area contributed by atoms with Gasteiger partial charge in [-0.3, -0.25) is 14.4 Å². The third-order valence-corrected chi connectivity index (χ3v) is 4.04. The highest BCUT2D eigenvalue weighted by molar-refractivity contribution is 6.30. The lowest BCUT2D eigenvalue weighted by Crippen LogP contribution is -2.11. The summed E-state index contributed by atoms with van der Waals surface area (Å²) in [4.78, 5) is 35.9. The molecular weight excluding hydrogens is 372 g/mol. The number of rotatable bonds is 3. The summed E-state index contributed by atoms with van der Waals surface area (Å²) in [5.74, 6) is -1.04. The summed E-state index contributed by atoms with van der Waals surface area (Å²) in [7, 11) is 0. The maximum atomic E-state index is 13.1. The molecule has 0 aliphatic rings. The molecule has 27 heavy (non-hydrogen) atoms. The molecule has 0 spiro atoms. The van der Waals surface area contributed by atoms with Gasteiger partial charge in [0.2, 0.25) is 11.2 Å². The number of aryl methyl sites for hydroxylation is 1. The van der Waals surface area contributed by atoms with E-state index in [4.69, 9.17) is 25.5 Å². The third kappa shape index (κ3) is 3.71. The molecule has 0 fully saturated rings. The zero-order valence-corrected chi connectivity index (χ0v) is 15.5. The van der Waals surface area contributed by atoms with E-state index in [1.807, 2.05) is 0 Å². The van der Waals surface area contributed by atoms with E-state index in [-0.39, 0.29) is 27.9 Å². The summed E-state index contributed by atoms with van der Waals surface area (Å²) < 4.78 is 16.0. The lowest BCUT2D eigenvalue weighted by atomic mass is 10.0. The fourth-order valence-corrected chi connectivity index (χ4v) is 2.88. The van der Waals surface area contributed by atoms with Crippen molar-refractivity contribution in [3.8, 4) is 22.6 Å². The number of hydrogen-bond donors (Lipinski definition) is 0. The molecule has 0 radical (unpaired) electrons. The molecule has 0 aliphatic carbocycles. The van der Waals surface area contributed by atoms with Crippen LogP contribution < -0.4 is 14.9 Å². The van der Waals surface area contributed by atoms with Crippen molar-refractivity contribution in [2.45, 2.75) is 20.8 Å². The van der Waals surface area contributed by atoms with Gasteiger partial charge in [-0.25, -0.2) is 0 Å². The van der Waals surface area contributed by atoms with E-state index in [9.17, 15) is 14.4 Å². The first-order valence-electron chi connectivity index (χ1n) is 8.01. The van der Waals surface area contributed by atoms with Gasteiger partial charge in [0.1, 0.15) is 5.76 Å². The molecule has 0 amide bonds. The van der Waals surface area contributed by atoms with Gasteiger partial charge in [0.15, 0.2) is 11.3 Å². The molecule has 138 valence electrons. The summed E-state index contributed by atoms with van der Waals surface area (Å²) in [6.07, 6.45) is 0. The second-order valence-electron chi connectivity index (χ2n) is 5.83. The molecule has 0 atom stereocenters. The van der Waals surface area contributed by atoms with Crippen molar-refractivity contribution in [2.75, 3.05) is 0 Å². The van der Waals surface area contributed by atoms with Crippen molar-refractivity contribution in [2.24, 2.45) is 0 Å². The third-order valence-electron chi connectivity index (χ3n) is 3.79. The highest BCUT2D eigenvalue weighted by atomic mass is 35.5. The van der Waals surface area contributed by atoms with Crippen molar-refractivity contribution in [1.82, 2.24) is 0 Å². The summed E-state index contributed by atoms with van der Waals surface area (Å²) in [5, 5.41) is 0.738. The number of hydrogen-bond acceptors (Lipinski definition) is 6. The number of ether oxygens (including phenoxy) is 2. The van der Waals surface area contributed by atoms with Crippen LogP contribution >= 0.6 is 11.6 Å². The topological polar surface area (TPSA) is 82.8 Å². The average Bonchev–Trinajstić information content (AvgIpc) is 2.58. The molecule has 7 heteroatoms. The standard InChI is InChI=1S/C20H15ClO6/c1-10-17(13-4-6-14(21)7-5-13)18(24)15-8-9-16(26-11(2)22)20(19(15)25-10)27-12(3)23/h4-9H,1-3H3. The Morgan fingerprint density at radius 2 is 1.59 bits per heavy atom. The molecule has 0 saturated carbocycles. The van der Waals surface area contributed by atoms with Crippen LogP contribution in [-0.4, -0.2) is 11.9 Å². The number of benzene rings is 2. The minimum Gasteiger partial charge on any atom is -0.456 e. The predicted octanol–water partition coefficient (Wildman–Crippen LogP) is 4.27. The molecule has 0 N–H and O–H groups in total. The number of fused-ring (bicyclic) bond motifs is 1. The highest BCUT2D eigenvalue weighted by Crippen LogP contribution is 2.37. The van der Waals surface area contributed by atoms with Crippen molar-refractivity contribution in [3.05, 3.63) is 57.4 Å². The minimum absolute atomic E-state index is 0.00741. The van der Waals surface area contributed by atoms with Crippen LogP contribution in [0.2, 0.25) is 5.02 Å². The Bertz CT molecular complexity index is 1110. The van der Waals surface area contributed by atoms with Crippen molar-refractivity contribution in [1.29, 1.82) is 0 Å². The Kier molecular flexibility index (Phi) is 5.01. The largest absolute Gasteiger partial charge is 0.456 e. The van der Waals surface area contributed by atoms with Crippen LogP contribution in [-0.2, 0) is 9.59 Å². The zero-order valence-electron chi connectivity index (χ0n) is 14.8. The zero-order chi connectivity index (χ0) is 19.7. The lowest BCUT2D eigenvalue weighted by Gasteiger charge is -2.13. The van der Waals surface area contributed by atoms with Crippen molar-refractivity contribution < 1.29 is 23.5 Å². The van der Waals surface area contributed by atoms with E-state index in [0.717, 1.165) is 0 Å². The Balaban J connectivity index is 2.31. The van der Waals surface area contributed by atoms with Gasteiger partial charge in [0.05, 0.1) is 10.9 Å². The molecular formula is C20H15ClO6. The molecule has 0 unspecified atom stereocenters. The van der Waals surface area contributed by atoms with Crippen LogP contribution in [0.25, 0.3) is 22.1 Å². The molecule has 0 saturated heterocycles. The quantitative estimate of drug-likeness (QED) is 0.493. The van der Waals surface area contributed by atoms with Gasteiger partial charge >= 0.3 is 11.9 Å². The molecule has 1 heterocycles. The van der Waals surface area contributed by atoms with Crippen LogP contribution in [0, 0.1) is 6.92 Å². The summed E-state index contributed by atoms with van der Waals surface area (Å²) >= 11 is 5.91. The van der Waals surface area contributed by atoms with Gasteiger partial charge in [-0.05, 0) is 36.8 Å². The first-order chi connectivity index (χ1) is 12.8. The molecule has 1 aromatic heterocycles. The Morgan fingerprint density at radius 3 is 2.19 bits per heavy atom.